The zero-order chi connectivity index (χ0) is 10.0. The highest BCUT2D eigenvalue weighted by Crippen LogP contribution is 2.15. The summed E-state index contributed by atoms with van der Waals surface area (Å²) in [6, 6.07) is 0. The highest BCUT2D eigenvalue weighted by atomic mass is 32.1. The van der Waals surface area contributed by atoms with Gasteiger partial charge in [0.15, 0.2) is 6.10 Å². The predicted octanol–water partition coefficient (Wildman–Crippen LogP) is -0.00670. The molecular weight excluding hydrogens is 194 g/mol. The van der Waals surface area contributed by atoms with Crippen LogP contribution in [-0.4, -0.2) is 39.7 Å². The average Bonchev–Trinajstić information content (AvgIpc) is 2.31. The van der Waals surface area contributed by atoms with E-state index in [1.807, 2.05) is 0 Å². The predicted molar refractivity (Wildman–Crippen MR) is 47.1 cm³/mol. The number of thiocarbonyl (C=S) groups is 1. The lowest BCUT2D eigenvalue weighted by molar-refractivity contribution is -0.141. The maximum atomic E-state index is 11.3. The number of carboxylic acids is 1. The molecular formula is C7H9NO4S. The molecule has 1 amide bonds. The van der Waals surface area contributed by atoms with Gasteiger partial charge in [-0.2, -0.15) is 0 Å². The maximum Gasteiger partial charge on any atom is 0.323 e. The fourth-order valence-corrected chi connectivity index (χ4v) is 1.31. The third kappa shape index (κ3) is 1.95. The van der Waals surface area contributed by atoms with Gasteiger partial charge >= 0.3 is 5.97 Å². The Morgan fingerprint density at radius 3 is 2.77 bits per heavy atom. The Morgan fingerprint density at radius 2 is 2.38 bits per heavy atom. The highest BCUT2D eigenvalue weighted by Gasteiger charge is 2.37. The SMILES string of the molecule is CCC1OC(=S)N(CC(=O)O)C1=O. The zero-order valence-electron chi connectivity index (χ0n) is 7.02. The Balaban J connectivity index is 2.70. The van der Waals surface area contributed by atoms with Crippen LogP contribution < -0.4 is 0 Å². The third-order valence-corrected chi connectivity index (χ3v) is 1.99. The van der Waals surface area contributed by atoms with Crippen molar-refractivity contribution in [3.05, 3.63) is 0 Å². The third-order valence-electron chi connectivity index (χ3n) is 1.67. The fraction of sp³-hybridized carbons (Fsp3) is 0.571. The molecule has 1 aliphatic heterocycles. The number of carbonyl (C=O) groups excluding carboxylic acids is 1. The summed E-state index contributed by atoms with van der Waals surface area (Å²) in [5, 5.41) is 8.42. The largest absolute Gasteiger partial charge is 0.480 e. The van der Waals surface area contributed by atoms with Gasteiger partial charge in [0.2, 0.25) is 0 Å². The average molecular weight is 203 g/mol. The molecule has 1 atom stereocenters. The summed E-state index contributed by atoms with van der Waals surface area (Å²) in [5.74, 6) is -1.47. The monoisotopic (exact) mass is 203 g/mol. The van der Waals surface area contributed by atoms with Gasteiger partial charge in [-0.25, -0.2) is 0 Å². The van der Waals surface area contributed by atoms with E-state index in [1.165, 1.54) is 0 Å². The van der Waals surface area contributed by atoms with E-state index >= 15 is 0 Å². The molecule has 72 valence electrons. The van der Waals surface area contributed by atoms with E-state index < -0.39 is 18.6 Å². The summed E-state index contributed by atoms with van der Waals surface area (Å²) in [6.07, 6.45) is -0.110. The molecule has 0 bridgehead atoms. The number of hydrogen-bond donors (Lipinski definition) is 1. The quantitative estimate of drug-likeness (QED) is 0.653. The second-order valence-corrected chi connectivity index (χ2v) is 2.95. The first-order valence-electron chi connectivity index (χ1n) is 3.80. The second-order valence-electron chi connectivity index (χ2n) is 2.60. The van der Waals surface area contributed by atoms with Gasteiger partial charge in [0.05, 0.1) is 0 Å². The number of carbonyl (C=O) groups is 2. The van der Waals surface area contributed by atoms with Crippen LogP contribution in [-0.2, 0) is 14.3 Å². The van der Waals surface area contributed by atoms with Crippen LogP contribution in [0.4, 0.5) is 0 Å². The van der Waals surface area contributed by atoms with Gasteiger partial charge in [-0.3, -0.25) is 14.5 Å². The Bertz CT molecular complexity index is 265. The lowest BCUT2D eigenvalue weighted by Crippen LogP contribution is -2.35. The Hall–Kier alpha value is -1.17. The van der Waals surface area contributed by atoms with Crippen molar-refractivity contribution in [2.24, 2.45) is 0 Å². The number of hydrogen-bond acceptors (Lipinski definition) is 4. The molecule has 0 spiro atoms. The maximum absolute atomic E-state index is 11.3. The van der Waals surface area contributed by atoms with Crippen LogP contribution in [0.2, 0.25) is 0 Å². The highest BCUT2D eigenvalue weighted by molar-refractivity contribution is 7.80. The second kappa shape index (κ2) is 3.69. The first kappa shape index (κ1) is 9.91. The molecule has 0 aliphatic carbocycles. The first-order valence-corrected chi connectivity index (χ1v) is 4.21. The standard InChI is InChI=1S/C7H9NO4S/c1-2-4-6(11)8(3-5(9)10)7(13)12-4/h4H,2-3H2,1H3,(H,9,10). The van der Waals surface area contributed by atoms with Crippen molar-refractivity contribution < 1.29 is 19.4 Å². The Kier molecular flexibility index (Phi) is 2.82. The van der Waals surface area contributed by atoms with Gasteiger partial charge in [0.25, 0.3) is 11.1 Å². The smallest absolute Gasteiger partial charge is 0.323 e. The van der Waals surface area contributed by atoms with Crippen molar-refractivity contribution in [2.45, 2.75) is 19.4 Å². The summed E-state index contributed by atoms with van der Waals surface area (Å²) in [6.45, 7) is 1.35. The lowest BCUT2D eigenvalue weighted by Gasteiger charge is -2.08. The van der Waals surface area contributed by atoms with Gasteiger partial charge in [-0.1, -0.05) is 6.92 Å². The molecule has 1 fully saturated rings. The molecule has 1 rings (SSSR count). The number of carboxylic acid groups (broad SMARTS) is 1. The summed E-state index contributed by atoms with van der Waals surface area (Å²) in [7, 11) is 0. The van der Waals surface area contributed by atoms with E-state index in [0.717, 1.165) is 4.90 Å². The van der Waals surface area contributed by atoms with Crippen molar-refractivity contribution in [1.82, 2.24) is 4.90 Å². The van der Waals surface area contributed by atoms with E-state index in [0.29, 0.717) is 6.42 Å². The molecule has 0 aromatic carbocycles. The van der Waals surface area contributed by atoms with Crippen LogP contribution in [0.5, 0.6) is 0 Å². The van der Waals surface area contributed by atoms with Gasteiger partial charge in [-0.05, 0) is 18.6 Å². The molecule has 5 nitrogen and oxygen atoms in total. The summed E-state index contributed by atoms with van der Waals surface area (Å²) in [4.78, 5) is 22.6. The van der Waals surface area contributed by atoms with Gasteiger partial charge in [-0.15, -0.1) is 0 Å². The van der Waals surface area contributed by atoms with Crippen LogP contribution in [0.25, 0.3) is 0 Å². The number of nitrogens with zero attached hydrogens (tertiary/aromatic N) is 1. The molecule has 1 N–H and O–H groups in total. The van der Waals surface area contributed by atoms with E-state index in [1.54, 1.807) is 6.92 Å². The van der Waals surface area contributed by atoms with E-state index in [4.69, 9.17) is 22.1 Å². The van der Waals surface area contributed by atoms with Crippen molar-refractivity contribution in [3.8, 4) is 0 Å². The van der Waals surface area contributed by atoms with Crippen molar-refractivity contribution in [1.29, 1.82) is 0 Å². The Labute approximate surface area is 80.3 Å². The van der Waals surface area contributed by atoms with Crippen molar-refractivity contribution in [3.63, 3.8) is 0 Å². The van der Waals surface area contributed by atoms with Gasteiger partial charge in [0.1, 0.15) is 6.54 Å². The summed E-state index contributed by atoms with van der Waals surface area (Å²) < 4.78 is 4.98. The van der Waals surface area contributed by atoms with E-state index in [-0.39, 0.29) is 11.1 Å². The minimum atomic E-state index is -1.10. The van der Waals surface area contributed by atoms with E-state index in [2.05, 4.69) is 0 Å². The molecule has 0 saturated carbocycles. The molecule has 1 aliphatic rings. The number of ether oxygens (including phenoxy) is 1. The van der Waals surface area contributed by atoms with E-state index in [9.17, 15) is 9.59 Å². The molecule has 1 unspecified atom stereocenters. The number of rotatable bonds is 3. The molecule has 6 heteroatoms. The molecule has 1 saturated heterocycles. The molecule has 1 heterocycles. The van der Waals surface area contributed by atoms with Crippen LogP contribution in [0.3, 0.4) is 0 Å². The fourth-order valence-electron chi connectivity index (χ4n) is 1.04. The minimum Gasteiger partial charge on any atom is -0.480 e. The van der Waals surface area contributed by atoms with Crippen LogP contribution >= 0.6 is 12.2 Å². The first-order chi connectivity index (χ1) is 6.06. The van der Waals surface area contributed by atoms with Gasteiger partial charge in [0, 0.05) is 0 Å². The molecule has 0 radical (unpaired) electrons. The number of amides is 1. The topological polar surface area (TPSA) is 66.8 Å². The number of aliphatic carboxylic acids is 1. The molecule has 0 aromatic heterocycles. The zero-order valence-corrected chi connectivity index (χ0v) is 7.84. The van der Waals surface area contributed by atoms with Crippen molar-refractivity contribution >= 4 is 29.3 Å². The minimum absolute atomic E-state index is 0.0424. The lowest BCUT2D eigenvalue weighted by atomic mass is 10.2. The molecule has 0 aromatic rings. The normalized spacial score (nSPS) is 21.9. The van der Waals surface area contributed by atoms with Crippen LogP contribution in [0, 0.1) is 0 Å². The van der Waals surface area contributed by atoms with Crippen LogP contribution in [0.15, 0.2) is 0 Å². The summed E-state index contributed by atoms with van der Waals surface area (Å²) in [5.41, 5.74) is 0. The molecule has 13 heavy (non-hydrogen) atoms. The van der Waals surface area contributed by atoms with Crippen LogP contribution in [0.1, 0.15) is 13.3 Å². The summed E-state index contributed by atoms with van der Waals surface area (Å²) >= 11 is 4.70. The van der Waals surface area contributed by atoms with Gasteiger partial charge < -0.3 is 9.84 Å². The van der Waals surface area contributed by atoms with Crippen molar-refractivity contribution in [2.75, 3.05) is 6.54 Å². The Morgan fingerprint density at radius 1 is 1.77 bits per heavy atom.